The van der Waals surface area contributed by atoms with E-state index in [1.54, 1.807) is 0 Å². The van der Waals surface area contributed by atoms with E-state index in [1.165, 1.54) is 24.8 Å². The number of amides is 1. The van der Waals surface area contributed by atoms with Crippen molar-refractivity contribution in [3.05, 3.63) is 11.1 Å². The molecule has 5 saturated carbocycles. The fraction of sp³-hybridized carbons (Fsp3) is 0.860. The number of Topliss-reactive ketones (excluding diaryl/α,β-unsaturated/α-hetero) is 2. The molecule has 280 valence electrons. The van der Waals surface area contributed by atoms with Crippen LogP contribution in [0.15, 0.2) is 11.1 Å². The zero-order valence-corrected chi connectivity index (χ0v) is 32.7. The first-order chi connectivity index (χ1) is 23.3. The Hall–Kier alpha value is -2.02. The van der Waals surface area contributed by atoms with Gasteiger partial charge < -0.3 is 16.2 Å². The lowest BCUT2D eigenvalue weighted by Crippen LogP contribution is -2.62. The van der Waals surface area contributed by atoms with Gasteiger partial charge in [-0.15, -0.1) is 0 Å². The van der Waals surface area contributed by atoms with Gasteiger partial charge in [0.1, 0.15) is 5.78 Å². The molecule has 5 fully saturated rings. The first-order valence-electron chi connectivity index (χ1n) is 20.4. The average Bonchev–Trinajstić information content (AvgIpc) is 3.33. The maximum atomic E-state index is 13.8. The van der Waals surface area contributed by atoms with Crippen LogP contribution in [-0.2, 0) is 19.2 Å². The van der Waals surface area contributed by atoms with Gasteiger partial charge in [0.25, 0.3) is 0 Å². The third-order valence-corrected chi connectivity index (χ3v) is 16.9. The molecule has 6 aliphatic rings. The molecule has 12 atom stereocenters. The summed E-state index contributed by atoms with van der Waals surface area (Å²) in [5.41, 5.74) is 9.08. The Bertz CT molecular complexity index is 1430. The minimum Gasteiger partial charge on any atom is -0.481 e. The van der Waals surface area contributed by atoms with Crippen molar-refractivity contribution >= 4 is 23.4 Å². The Morgan fingerprint density at radius 3 is 2.20 bits per heavy atom. The number of aliphatic carboxylic acids is 1. The highest BCUT2D eigenvalue weighted by atomic mass is 16.4. The van der Waals surface area contributed by atoms with E-state index >= 15 is 0 Å². The van der Waals surface area contributed by atoms with Crippen molar-refractivity contribution in [3.8, 4) is 0 Å². The molecule has 0 aromatic heterocycles. The summed E-state index contributed by atoms with van der Waals surface area (Å²) in [7, 11) is 0. The molecule has 7 nitrogen and oxygen atoms in total. The molecule has 4 N–H and O–H groups in total. The lowest BCUT2D eigenvalue weighted by molar-refractivity contribution is -0.193. The van der Waals surface area contributed by atoms with Crippen molar-refractivity contribution in [3.63, 3.8) is 0 Å². The van der Waals surface area contributed by atoms with Crippen LogP contribution in [0.3, 0.4) is 0 Å². The second-order valence-electron chi connectivity index (χ2n) is 20.0. The molecule has 0 saturated heterocycles. The molecule has 50 heavy (non-hydrogen) atoms. The number of hydrogen-bond acceptors (Lipinski definition) is 5. The molecule has 7 heteroatoms. The summed E-state index contributed by atoms with van der Waals surface area (Å²) >= 11 is 0. The molecule has 6 rings (SSSR count). The fourth-order valence-corrected chi connectivity index (χ4v) is 14.0. The van der Waals surface area contributed by atoms with E-state index in [9.17, 15) is 24.3 Å². The Morgan fingerprint density at radius 2 is 1.58 bits per heavy atom. The maximum absolute atomic E-state index is 13.8. The molecule has 1 amide bonds. The van der Waals surface area contributed by atoms with Gasteiger partial charge in [-0.25, -0.2) is 0 Å². The van der Waals surface area contributed by atoms with E-state index in [0.29, 0.717) is 67.0 Å². The van der Waals surface area contributed by atoms with Crippen LogP contribution in [0.25, 0.3) is 0 Å². The number of nitrogens with two attached hydrogens (primary N) is 1. The lowest BCUT2D eigenvalue weighted by Gasteiger charge is -2.69. The van der Waals surface area contributed by atoms with E-state index in [-0.39, 0.29) is 57.2 Å². The summed E-state index contributed by atoms with van der Waals surface area (Å²) in [6.45, 7) is 21.0. The van der Waals surface area contributed by atoms with Gasteiger partial charge in [0, 0.05) is 30.7 Å². The van der Waals surface area contributed by atoms with Crippen LogP contribution < -0.4 is 11.1 Å². The van der Waals surface area contributed by atoms with Gasteiger partial charge in [-0.2, -0.15) is 0 Å². The van der Waals surface area contributed by atoms with Gasteiger partial charge in [0.15, 0.2) is 5.78 Å². The fourth-order valence-electron chi connectivity index (χ4n) is 14.0. The number of carbonyl (C=O) groups excluding carboxylic acids is 3. The van der Waals surface area contributed by atoms with Gasteiger partial charge >= 0.3 is 5.97 Å². The molecular weight excluding hydrogens is 624 g/mol. The molecular formula is C43H68N2O5. The number of carboxylic acids is 1. The largest absolute Gasteiger partial charge is 0.481 e. The number of carbonyl (C=O) groups is 4. The molecule has 0 aliphatic heterocycles. The molecule has 12 unspecified atom stereocenters. The summed E-state index contributed by atoms with van der Waals surface area (Å²) in [5.74, 6) is 2.09. The van der Waals surface area contributed by atoms with E-state index in [1.807, 2.05) is 20.8 Å². The quantitative estimate of drug-likeness (QED) is 0.213. The molecule has 6 aliphatic carbocycles. The van der Waals surface area contributed by atoms with Crippen LogP contribution in [0.4, 0.5) is 0 Å². The smallest absolute Gasteiger partial charge is 0.306 e. The topological polar surface area (TPSA) is 127 Å². The highest BCUT2D eigenvalue weighted by Crippen LogP contribution is 2.74. The third-order valence-electron chi connectivity index (χ3n) is 16.9. The van der Waals surface area contributed by atoms with Crippen molar-refractivity contribution in [1.29, 1.82) is 0 Å². The van der Waals surface area contributed by atoms with Gasteiger partial charge in [0.05, 0.1) is 12.0 Å². The third kappa shape index (κ3) is 5.77. The van der Waals surface area contributed by atoms with Crippen molar-refractivity contribution in [1.82, 2.24) is 5.32 Å². The van der Waals surface area contributed by atoms with Gasteiger partial charge in [-0.05, 0) is 133 Å². The molecule has 0 aromatic carbocycles. The average molecular weight is 693 g/mol. The van der Waals surface area contributed by atoms with Crippen LogP contribution in [-0.4, -0.2) is 41.1 Å². The summed E-state index contributed by atoms with van der Waals surface area (Å²) < 4.78 is 0. The normalized spacial score (nSPS) is 42.6. The summed E-state index contributed by atoms with van der Waals surface area (Å²) in [6, 6.07) is -0.514. The van der Waals surface area contributed by atoms with E-state index in [2.05, 4.69) is 46.9 Å². The van der Waals surface area contributed by atoms with E-state index < -0.39 is 12.0 Å². The first-order valence-corrected chi connectivity index (χ1v) is 20.4. The SMILES string of the molecule is CC(C)C1=C2C3CCC4C(C)(CCC5C(C)(C)C(CC(=O)C6CC(C(=O)O)C6C)CCC54C)C3CCC2(CCNC(=O)C(N)C(C)C)CC1=O. The van der Waals surface area contributed by atoms with Gasteiger partial charge in [-0.1, -0.05) is 67.9 Å². The maximum Gasteiger partial charge on any atom is 0.306 e. The molecule has 0 aromatic rings. The summed E-state index contributed by atoms with van der Waals surface area (Å²) in [5, 5.41) is 12.6. The highest BCUT2D eigenvalue weighted by Gasteiger charge is 2.66. The number of nitrogens with one attached hydrogen (secondary N) is 1. The lowest BCUT2D eigenvalue weighted by atomic mass is 9.35. The minimum absolute atomic E-state index is 0.0511. The van der Waals surface area contributed by atoms with E-state index in [4.69, 9.17) is 5.73 Å². The molecule has 0 spiro atoms. The molecule has 0 radical (unpaired) electrons. The minimum atomic E-state index is -0.758. The number of carboxylic acid groups (broad SMARTS) is 1. The van der Waals surface area contributed by atoms with Crippen LogP contribution in [0.5, 0.6) is 0 Å². The first kappa shape index (κ1) is 37.7. The second kappa shape index (κ2) is 13.1. The van der Waals surface area contributed by atoms with Gasteiger partial charge in [-0.3, -0.25) is 19.2 Å². The van der Waals surface area contributed by atoms with E-state index in [0.717, 1.165) is 44.1 Å². The second-order valence-corrected chi connectivity index (χ2v) is 20.0. The Labute approximate surface area is 302 Å². The van der Waals surface area contributed by atoms with Crippen LogP contribution in [0.2, 0.25) is 0 Å². The number of ketones is 2. The number of hydrogen-bond donors (Lipinski definition) is 3. The summed E-state index contributed by atoms with van der Waals surface area (Å²) in [6.07, 6.45) is 11.7. The van der Waals surface area contributed by atoms with Crippen LogP contribution in [0.1, 0.15) is 139 Å². The van der Waals surface area contributed by atoms with Gasteiger partial charge in [0.2, 0.25) is 5.91 Å². The van der Waals surface area contributed by atoms with Crippen molar-refractivity contribution in [2.24, 2.45) is 86.6 Å². The van der Waals surface area contributed by atoms with Crippen molar-refractivity contribution < 1.29 is 24.3 Å². The van der Waals surface area contributed by atoms with Crippen LogP contribution in [0, 0.1) is 80.8 Å². The zero-order valence-electron chi connectivity index (χ0n) is 32.7. The number of rotatable bonds is 10. The van der Waals surface area contributed by atoms with Crippen molar-refractivity contribution in [2.75, 3.05) is 6.54 Å². The molecule has 0 heterocycles. The Balaban J connectivity index is 1.21. The Morgan fingerprint density at radius 1 is 0.900 bits per heavy atom. The molecule has 0 bridgehead atoms. The standard InChI is InChI=1S/C43H68N2O5/c1-23(2)35-32(47)22-43(18-19-45-38(48)37(44)24(3)4)17-13-30-27(36(35)43)10-11-34-41(30,8)16-14-33-40(6,7)26(12-15-42(33,34)9)20-31(46)28-21-29(25(28)5)39(49)50/h23-30,33-34,37H,10-22,44H2,1-9H3,(H,45,48)(H,49,50). The Kier molecular flexibility index (Phi) is 9.91. The predicted octanol–water partition coefficient (Wildman–Crippen LogP) is 8.00. The monoisotopic (exact) mass is 693 g/mol. The van der Waals surface area contributed by atoms with Crippen molar-refractivity contribution in [2.45, 2.75) is 145 Å². The number of allylic oxidation sites excluding steroid dienone is 2. The zero-order chi connectivity index (χ0) is 36.7. The predicted molar refractivity (Wildman–Crippen MR) is 197 cm³/mol. The summed E-state index contributed by atoms with van der Waals surface area (Å²) in [4.78, 5) is 51.8. The highest BCUT2D eigenvalue weighted by molar-refractivity contribution is 6.00. The number of fused-ring (bicyclic) bond motifs is 7. The van der Waals surface area contributed by atoms with Crippen LogP contribution >= 0.6 is 0 Å².